The van der Waals surface area contributed by atoms with Crippen molar-refractivity contribution in [3.05, 3.63) is 243 Å². The molecular weight excluding hydrogens is 1790 g/mol. The average molecular weight is 1870 g/mol. The standard InChI is InChI=1S/2C22H20F2N6O3.2C22H21FN6O3.2CH2O2/c2*1-2-32-19-7-16(20(19)24)30-11-15(21(29-30)14-4-3-13(23)10-25-14)28-22(31)18-6-5-17(33-18)12-8-26-27-9-12;2*1-2-31-16-7-15(8-16)29-12-18(21(28-29)17-4-3-14(23)11-24-17)27-22(30)20-6-5-19(32-20)13-9-25-26-10-13;2*2-1-3/h2*3-6,8-11,16,19-20H,2,7H2,1H3,(H,26,27)(H,28,31);2*3-6,9-12,15-16H,2,7-8H2,1H3,(H,25,26)(H,27,30);2*1H,(H,2,3)/t2*16-,19+,20?;;;;/m00..../s1. The number of halogens is 6. The molecule has 2 unspecified atom stereocenters. The summed E-state index contributed by atoms with van der Waals surface area (Å²) >= 11 is 0. The van der Waals surface area contributed by atoms with Crippen LogP contribution < -0.4 is 21.3 Å². The van der Waals surface area contributed by atoms with Gasteiger partial charge in [-0.25, -0.2) is 26.3 Å². The maximum atomic E-state index is 14.6. The van der Waals surface area contributed by atoms with Crippen LogP contribution >= 0.6 is 0 Å². The highest BCUT2D eigenvalue weighted by Gasteiger charge is 2.46. The van der Waals surface area contributed by atoms with Gasteiger partial charge in [-0.2, -0.15) is 40.8 Å². The van der Waals surface area contributed by atoms with E-state index in [1.807, 2.05) is 37.1 Å². The predicted molar refractivity (Wildman–Crippen MR) is 471 cm³/mol. The largest absolute Gasteiger partial charge is 0.483 e. The molecule has 0 bridgehead atoms. The number of nitrogens with zero attached hydrogens (tertiary/aromatic N) is 16. The van der Waals surface area contributed by atoms with Crippen molar-refractivity contribution in [1.29, 1.82) is 0 Å². The van der Waals surface area contributed by atoms with E-state index >= 15 is 0 Å². The average Bonchev–Trinajstić information content (AvgIpc) is 1.58. The number of carboxylic acid groups (broad SMARTS) is 2. The molecule has 4 aliphatic rings. The minimum atomic E-state index is -1.23. The van der Waals surface area contributed by atoms with Crippen LogP contribution in [0, 0.1) is 23.3 Å². The Bertz CT molecular complexity index is 6210. The van der Waals surface area contributed by atoms with Gasteiger partial charge in [0.1, 0.15) is 81.4 Å². The van der Waals surface area contributed by atoms with Gasteiger partial charge in [0.25, 0.3) is 36.6 Å². The molecule has 4 amide bonds. The molecule has 16 aromatic rings. The van der Waals surface area contributed by atoms with E-state index in [1.54, 1.807) is 98.4 Å². The molecule has 4 saturated carbocycles. The molecule has 136 heavy (non-hydrogen) atoms. The van der Waals surface area contributed by atoms with Crippen molar-refractivity contribution in [2.75, 3.05) is 47.7 Å². The number of anilines is 4. The number of carbonyl (C=O) groups is 6. The Labute approximate surface area is 766 Å². The fraction of sp³-hybridized carbons (Fsp3) is 0.267. The van der Waals surface area contributed by atoms with Crippen LogP contribution in [0.25, 0.3) is 90.8 Å². The number of nitrogens with one attached hydrogen (secondary N) is 8. The molecular formula is C90H86F6N24O16. The lowest BCUT2D eigenvalue weighted by Crippen LogP contribution is -2.46. The van der Waals surface area contributed by atoms with Gasteiger partial charge in [-0.3, -0.25) is 87.8 Å². The predicted octanol–water partition coefficient (Wildman–Crippen LogP) is 15.5. The lowest BCUT2D eigenvalue weighted by molar-refractivity contribution is -0.123. The van der Waals surface area contributed by atoms with E-state index in [1.165, 1.54) is 82.4 Å². The van der Waals surface area contributed by atoms with Gasteiger partial charge < -0.3 is 68.1 Å². The van der Waals surface area contributed by atoms with Crippen molar-refractivity contribution in [3.8, 4) is 90.8 Å². The zero-order valence-electron chi connectivity index (χ0n) is 72.5. The molecule has 704 valence electrons. The number of amides is 4. The van der Waals surface area contributed by atoms with Crippen molar-refractivity contribution in [1.82, 2.24) is 99.8 Å². The molecule has 46 heteroatoms. The number of aromatic amines is 4. The fourth-order valence-electron chi connectivity index (χ4n) is 14.8. The maximum Gasteiger partial charge on any atom is 0.291 e. The Morgan fingerprint density at radius 3 is 0.846 bits per heavy atom. The summed E-state index contributed by atoms with van der Waals surface area (Å²) in [5, 5.41) is 69.4. The molecule has 10 N–H and O–H groups in total. The minimum Gasteiger partial charge on any atom is -0.483 e. The van der Waals surface area contributed by atoms with Gasteiger partial charge in [0.2, 0.25) is 0 Å². The van der Waals surface area contributed by atoms with Gasteiger partial charge in [-0.1, -0.05) is 0 Å². The van der Waals surface area contributed by atoms with Crippen LogP contribution in [0.5, 0.6) is 0 Å². The quantitative estimate of drug-likeness (QED) is 0.0161. The zero-order chi connectivity index (χ0) is 95.5. The van der Waals surface area contributed by atoms with Gasteiger partial charge in [0.05, 0.1) is 166 Å². The van der Waals surface area contributed by atoms with Crippen molar-refractivity contribution in [2.24, 2.45) is 0 Å². The van der Waals surface area contributed by atoms with Gasteiger partial charge in [0.15, 0.2) is 23.0 Å². The summed E-state index contributed by atoms with van der Waals surface area (Å²) in [6.45, 7) is 9.26. The molecule has 0 radical (unpaired) electrons. The molecule has 4 fully saturated rings. The molecule has 6 atom stereocenters. The molecule has 0 aromatic carbocycles. The zero-order valence-corrected chi connectivity index (χ0v) is 72.5. The molecule has 0 spiro atoms. The Morgan fingerprint density at radius 1 is 0.375 bits per heavy atom. The first-order valence-electron chi connectivity index (χ1n) is 42.5. The summed E-state index contributed by atoms with van der Waals surface area (Å²) in [6.07, 6.45) is 25.2. The maximum absolute atomic E-state index is 14.6. The van der Waals surface area contributed by atoms with E-state index in [0.717, 1.165) is 61.6 Å². The number of ether oxygens (including phenoxy) is 4. The summed E-state index contributed by atoms with van der Waals surface area (Å²) in [4.78, 5) is 84.5. The van der Waals surface area contributed by atoms with E-state index in [9.17, 15) is 45.5 Å². The van der Waals surface area contributed by atoms with E-state index in [2.05, 4.69) is 102 Å². The molecule has 4 aliphatic carbocycles. The van der Waals surface area contributed by atoms with Crippen molar-refractivity contribution in [2.45, 2.75) is 127 Å². The molecule has 0 aliphatic heterocycles. The highest BCUT2D eigenvalue weighted by Crippen LogP contribution is 2.44. The van der Waals surface area contributed by atoms with Gasteiger partial charge >= 0.3 is 0 Å². The van der Waals surface area contributed by atoms with Crippen LogP contribution in [-0.4, -0.2) is 210 Å². The second kappa shape index (κ2) is 43.8. The number of pyridine rings is 4. The van der Waals surface area contributed by atoms with Gasteiger partial charge in [-0.15, -0.1) is 0 Å². The van der Waals surface area contributed by atoms with Crippen molar-refractivity contribution in [3.63, 3.8) is 0 Å². The third kappa shape index (κ3) is 22.3. The summed E-state index contributed by atoms with van der Waals surface area (Å²) in [5.41, 5.74) is 7.48. The third-order valence-electron chi connectivity index (χ3n) is 21.8. The van der Waals surface area contributed by atoms with Crippen molar-refractivity contribution < 1.29 is 102 Å². The summed E-state index contributed by atoms with van der Waals surface area (Å²) in [5.74, 6) is -1.38. The van der Waals surface area contributed by atoms with Gasteiger partial charge in [0, 0.05) is 88.8 Å². The van der Waals surface area contributed by atoms with Crippen LogP contribution in [0.3, 0.4) is 0 Å². The first-order chi connectivity index (χ1) is 66.1. The number of carbonyl (C=O) groups excluding carboxylic acids is 4. The molecule has 16 heterocycles. The third-order valence-corrected chi connectivity index (χ3v) is 21.8. The number of H-pyrrole nitrogens is 4. The van der Waals surface area contributed by atoms with Crippen molar-refractivity contribution >= 4 is 59.3 Å². The topological polar surface area (TPSA) is 518 Å². The SMILES string of the molecule is CCOC1CC(n2cc(NC(=O)c3ccc(-c4cn[nH]c4)o3)c(-c3ccc(F)cn3)n2)C1.CCOC1CC(n2cc(NC(=O)c3ccc(-c4cn[nH]c4)o3)c(-c3ccc(F)cn3)n2)C1.CCO[C@@H]1C[C@H](n2cc(NC(=O)c3ccc(-c4cn[nH]c4)o3)c(-c3ccc(F)cn3)n2)C1F.CCO[C@@H]1C[C@H](n2cc(NC(=O)c3ccc(-c4cn[nH]c4)o3)c(-c3ccc(F)cn3)n2)C1F.O=CO.O=CO. The second-order valence-corrected chi connectivity index (χ2v) is 30.5. The highest BCUT2D eigenvalue weighted by atomic mass is 19.2. The number of alkyl halides is 2. The fourth-order valence-corrected chi connectivity index (χ4v) is 14.8. The summed E-state index contributed by atoms with van der Waals surface area (Å²) in [7, 11) is 0. The smallest absolute Gasteiger partial charge is 0.291 e. The number of hydrogen-bond acceptors (Lipinski definition) is 26. The molecule has 40 nitrogen and oxygen atoms in total. The lowest BCUT2D eigenvalue weighted by Gasteiger charge is -2.38. The molecule has 16 aromatic heterocycles. The Hall–Kier alpha value is -16.4. The highest BCUT2D eigenvalue weighted by molar-refractivity contribution is 6.07. The second-order valence-electron chi connectivity index (χ2n) is 30.5. The van der Waals surface area contributed by atoms with Gasteiger partial charge in [-0.05, 0) is 150 Å². The number of hydrogen-bond donors (Lipinski definition) is 10. The van der Waals surface area contributed by atoms with Crippen LogP contribution in [0.2, 0.25) is 0 Å². The lowest BCUT2D eigenvalue weighted by atomic mass is 9.87. The molecule has 0 saturated heterocycles. The van der Waals surface area contributed by atoms with E-state index < -0.39 is 83.5 Å². The Kier molecular flexibility index (Phi) is 30.4. The monoisotopic (exact) mass is 1870 g/mol. The Morgan fingerprint density at radius 2 is 0.625 bits per heavy atom. The van der Waals surface area contributed by atoms with Crippen LogP contribution in [0.4, 0.5) is 49.1 Å². The van der Waals surface area contributed by atoms with Crippen LogP contribution in [0.1, 0.15) is 133 Å². The molecule has 20 rings (SSSR count). The first kappa shape index (κ1) is 94.3. The number of aromatic nitrogens is 20. The number of furan rings is 4. The van der Waals surface area contributed by atoms with Crippen LogP contribution in [-0.2, 0) is 28.5 Å². The Balaban J connectivity index is 0.000000135. The van der Waals surface area contributed by atoms with E-state index in [4.69, 9.17) is 56.4 Å². The van der Waals surface area contributed by atoms with Crippen LogP contribution in [0.15, 0.2) is 214 Å². The van der Waals surface area contributed by atoms with E-state index in [-0.39, 0.29) is 71.7 Å². The normalized spacial score (nSPS) is 18.2. The minimum absolute atomic E-state index is 0.0698. The first-order valence-corrected chi connectivity index (χ1v) is 42.5. The summed E-state index contributed by atoms with van der Waals surface area (Å²) in [6, 6.07) is 23.3. The summed E-state index contributed by atoms with van der Waals surface area (Å²) < 4.78 is 134. The number of rotatable bonds is 28. The van der Waals surface area contributed by atoms with E-state index in [0.29, 0.717) is 130 Å².